The molecule has 0 rings (SSSR count). The Balaban J connectivity index is 5.61. The third kappa shape index (κ3) is 5.05. The molecule has 0 saturated heterocycles. The Labute approximate surface area is 109 Å². The maximum Gasteiger partial charge on any atom is 0.173 e. The van der Waals surface area contributed by atoms with Crippen LogP contribution in [0.2, 0.25) is 0 Å². The Morgan fingerprint density at radius 1 is 1.39 bits per heavy atom. The van der Waals surface area contributed by atoms with Crippen molar-refractivity contribution in [2.75, 3.05) is 13.6 Å². The van der Waals surface area contributed by atoms with E-state index in [4.69, 9.17) is 5.84 Å². The quantitative estimate of drug-likeness (QED) is 0.351. The van der Waals surface area contributed by atoms with E-state index < -0.39 is 0 Å². The fourth-order valence-corrected chi connectivity index (χ4v) is 1.30. The van der Waals surface area contributed by atoms with E-state index in [0.29, 0.717) is 23.9 Å². The van der Waals surface area contributed by atoms with Crippen LogP contribution in [0.5, 0.6) is 0 Å². The Kier molecular flexibility index (Phi) is 7.54. The lowest BCUT2D eigenvalue weighted by Gasteiger charge is -2.15. The van der Waals surface area contributed by atoms with Crippen molar-refractivity contribution in [3.8, 4) is 0 Å². The van der Waals surface area contributed by atoms with Crippen LogP contribution in [0.15, 0.2) is 39.0 Å². The van der Waals surface area contributed by atoms with E-state index in [-0.39, 0.29) is 0 Å². The van der Waals surface area contributed by atoms with Crippen molar-refractivity contribution < 1.29 is 0 Å². The summed E-state index contributed by atoms with van der Waals surface area (Å²) in [5.74, 6) is 6.99. The number of nitrogens with zero attached hydrogens (tertiary/aromatic N) is 4. The molecule has 100 valence electrons. The number of nitrogens with two attached hydrogens (primary N) is 1. The first kappa shape index (κ1) is 16.2. The average Bonchev–Trinajstić information content (AvgIpc) is 2.29. The summed E-state index contributed by atoms with van der Waals surface area (Å²) in [6, 6.07) is 0. The van der Waals surface area contributed by atoms with Crippen LogP contribution >= 0.6 is 0 Å². The van der Waals surface area contributed by atoms with Crippen molar-refractivity contribution in [2.24, 2.45) is 20.8 Å². The van der Waals surface area contributed by atoms with Gasteiger partial charge >= 0.3 is 0 Å². The summed E-state index contributed by atoms with van der Waals surface area (Å²) in [5, 5.41) is 1.47. The summed E-state index contributed by atoms with van der Waals surface area (Å²) in [5.41, 5.74) is 1.62. The molecule has 0 amide bonds. The fourth-order valence-electron chi connectivity index (χ4n) is 1.30. The van der Waals surface area contributed by atoms with Crippen LogP contribution < -0.4 is 5.84 Å². The zero-order valence-corrected chi connectivity index (χ0v) is 11.9. The third-order valence-corrected chi connectivity index (χ3v) is 1.99. The van der Waals surface area contributed by atoms with Gasteiger partial charge in [0.15, 0.2) is 5.84 Å². The Hall–Kier alpha value is -1.75. The molecule has 0 bridgehead atoms. The monoisotopic (exact) mass is 249 g/mol. The van der Waals surface area contributed by atoms with Crippen molar-refractivity contribution in [3.05, 3.63) is 24.0 Å². The van der Waals surface area contributed by atoms with Crippen molar-refractivity contribution in [2.45, 2.75) is 27.7 Å². The van der Waals surface area contributed by atoms with Gasteiger partial charge in [0, 0.05) is 19.8 Å². The van der Waals surface area contributed by atoms with Crippen LogP contribution in [0.4, 0.5) is 0 Å². The van der Waals surface area contributed by atoms with Gasteiger partial charge in [0.05, 0.1) is 0 Å². The summed E-state index contributed by atoms with van der Waals surface area (Å²) in [6.45, 7) is 12.1. The van der Waals surface area contributed by atoms with E-state index in [1.54, 1.807) is 19.3 Å². The van der Waals surface area contributed by atoms with Crippen molar-refractivity contribution >= 4 is 17.8 Å². The fraction of sp³-hybridized carbons (Fsp3) is 0.462. The minimum absolute atomic E-state index is 0.565. The SMILES string of the molecule is C=C/C(=N\C(=C(C)C)N(C)N)C(N=CC)=NCC. The molecule has 0 atom stereocenters. The van der Waals surface area contributed by atoms with E-state index in [0.717, 1.165) is 5.57 Å². The van der Waals surface area contributed by atoms with Crippen molar-refractivity contribution in [1.29, 1.82) is 0 Å². The van der Waals surface area contributed by atoms with Crippen LogP contribution in [-0.2, 0) is 0 Å². The van der Waals surface area contributed by atoms with Gasteiger partial charge in [-0.25, -0.2) is 15.8 Å². The maximum atomic E-state index is 5.74. The highest BCUT2D eigenvalue weighted by atomic mass is 15.4. The third-order valence-electron chi connectivity index (χ3n) is 1.99. The summed E-state index contributed by atoms with van der Waals surface area (Å²) in [4.78, 5) is 13.0. The zero-order chi connectivity index (χ0) is 14.1. The summed E-state index contributed by atoms with van der Waals surface area (Å²) >= 11 is 0. The molecule has 0 aliphatic rings. The van der Waals surface area contributed by atoms with Crippen LogP contribution in [0.25, 0.3) is 0 Å². The Bertz CT molecular complexity index is 396. The normalized spacial score (nSPS) is 12.8. The minimum Gasteiger partial charge on any atom is -0.298 e. The molecule has 0 heterocycles. The maximum absolute atomic E-state index is 5.74. The van der Waals surface area contributed by atoms with Gasteiger partial charge in [-0.05, 0) is 39.3 Å². The Morgan fingerprint density at radius 3 is 2.33 bits per heavy atom. The first-order chi connectivity index (χ1) is 8.47. The molecule has 0 aromatic heterocycles. The van der Waals surface area contributed by atoms with Gasteiger partial charge in [-0.3, -0.25) is 10.0 Å². The minimum atomic E-state index is 0.565. The van der Waals surface area contributed by atoms with E-state index in [1.165, 1.54) is 5.01 Å². The predicted octanol–water partition coefficient (Wildman–Crippen LogP) is 2.18. The van der Waals surface area contributed by atoms with E-state index in [2.05, 4.69) is 21.6 Å². The topological polar surface area (TPSA) is 66.3 Å². The first-order valence-electron chi connectivity index (χ1n) is 5.88. The van der Waals surface area contributed by atoms with Gasteiger partial charge in [-0.15, -0.1) is 0 Å². The number of aliphatic imine (C=N–C) groups is 3. The van der Waals surface area contributed by atoms with Gasteiger partial charge in [-0.1, -0.05) is 6.58 Å². The number of hydrogen-bond acceptors (Lipinski definition) is 4. The molecule has 5 nitrogen and oxygen atoms in total. The molecule has 0 spiro atoms. The number of amidine groups is 1. The molecule has 0 aliphatic heterocycles. The lowest BCUT2D eigenvalue weighted by Crippen LogP contribution is -2.26. The lowest BCUT2D eigenvalue weighted by molar-refractivity contribution is 0.431. The van der Waals surface area contributed by atoms with Gasteiger partial charge in [-0.2, -0.15) is 0 Å². The standard InChI is InChI=1S/C13H23N5/c1-7-11(12(15-8-2)16-9-3)17-13(10(4)5)18(6)14/h7-8H,1,9,14H2,2-6H3/b15-8?,16-12?,17-11+. The van der Waals surface area contributed by atoms with Crippen LogP contribution in [0, 0.1) is 0 Å². The van der Waals surface area contributed by atoms with Crippen LogP contribution in [-0.4, -0.2) is 36.4 Å². The molecule has 0 aromatic carbocycles. The summed E-state index contributed by atoms with van der Waals surface area (Å²) in [6.07, 6.45) is 3.32. The van der Waals surface area contributed by atoms with Crippen molar-refractivity contribution in [1.82, 2.24) is 5.01 Å². The second-order valence-corrected chi connectivity index (χ2v) is 3.82. The highest BCUT2D eigenvalue weighted by molar-refractivity contribution is 6.46. The highest BCUT2D eigenvalue weighted by Crippen LogP contribution is 2.08. The molecular weight excluding hydrogens is 226 g/mol. The van der Waals surface area contributed by atoms with Gasteiger partial charge in [0.1, 0.15) is 11.5 Å². The molecule has 0 aromatic rings. The highest BCUT2D eigenvalue weighted by Gasteiger charge is 2.07. The number of hydrazine groups is 1. The number of allylic oxidation sites excluding steroid dienone is 1. The second kappa shape index (κ2) is 8.36. The van der Waals surface area contributed by atoms with Gasteiger partial charge in [0.2, 0.25) is 0 Å². The molecule has 2 N–H and O–H groups in total. The molecule has 5 heteroatoms. The van der Waals surface area contributed by atoms with E-state index in [1.807, 2.05) is 27.7 Å². The zero-order valence-electron chi connectivity index (χ0n) is 11.9. The van der Waals surface area contributed by atoms with Gasteiger partial charge < -0.3 is 0 Å². The number of hydrogen-bond donors (Lipinski definition) is 1. The molecule has 0 aliphatic carbocycles. The molecule has 0 fully saturated rings. The molecule has 0 unspecified atom stereocenters. The van der Waals surface area contributed by atoms with Crippen LogP contribution in [0.1, 0.15) is 27.7 Å². The second-order valence-electron chi connectivity index (χ2n) is 3.82. The van der Waals surface area contributed by atoms with Gasteiger partial charge in [0.25, 0.3) is 0 Å². The van der Waals surface area contributed by atoms with E-state index >= 15 is 0 Å². The van der Waals surface area contributed by atoms with Crippen LogP contribution in [0.3, 0.4) is 0 Å². The molecule has 0 radical (unpaired) electrons. The number of rotatable bonds is 5. The first-order valence-corrected chi connectivity index (χ1v) is 5.88. The van der Waals surface area contributed by atoms with E-state index in [9.17, 15) is 0 Å². The average molecular weight is 249 g/mol. The largest absolute Gasteiger partial charge is 0.298 e. The smallest absolute Gasteiger partial charge is 0.173 e. The summed E-state index contributed by atoms with van der Waals surface area (Å²) < 4.78 is 0. The Morgan fingerprint density at radius 2 is 2.00 bits per heavy atom. The molecule has 18 heavy (non-hydrogen) atoms. The predicted molar refractivity (Wildman–Crippen MR) is 80.1 cm³/mol. The molecule has 0 saturated carbocycles. The lowest BCUT2D eigenvalue weighted by atomic mass is 10.3. The molecular formula is C13H23N5. The van der Waals surface area contributed by atoms with Crippen molar-refractivity contribution in [3.63, 3.8) is 0 Å². The summed E-state index contributed by atoms with van der Waals surface area (Å²) in [7, 11) is 1.74.